The minimum Gasteiger partial charge on any atom is -0.493 e. The summed E-state index contributed by atoms with van der Waals surface area (Å²) >= 11 is 1.48. The van der Waals surface area contributed by atoms with Crippen LogP contribution < -0.4 is 9.47 Å². The summed E-state index contributed by atoms with van der Waals surface area (Å²) in [6.07, 6.45) is 0. The van der Waals surface area contributed by atoms with Crippen molar-refractivity contribution in [3.63, 3.8) is 0 Å². The first-order chi connectivity index (χ1) is 18.8. The normalized spacial score (nSPS) is 16.9. The fourth-order valence-corrected chi connectivity index (χ4v) is 5.75. The van der Waals surface area contributed by atoms with Gasteiger partial charge in [-0.3, -0.25) is 9.79 Å². The quantitative estimate of drug-likeness (QED) is 0.300. The number of ether oxygens (including phenoxy) is 4. The van der Waals surface area contributed by atoms with E-state index in [1.165, 1.54) is 11.3 Å². The number of allylic oxidation sites excluding steroid dienone is 1. The molecular weight excluding hydrogens is 516 g/mol. The van der Waals surface area contributed by atoms with E-state index >= 15 is 0 Å². The minimum atomic E-state index is -0.778. The summed E-state index contributed by atoms with van der Waals surface area (Å²) in [5, 5.41) is 2.72. The van der Waals surface area contributed by atoms with Crippen LogP contribution in [0.5, 0.6) is 11.5 Å². The number of hydrogen-bond donors (Lipinski definition) is 0. The summed E-state index contributed by atoms with van der Waals surface area (Å²) in [5.41, 5.74) is 4.70. The Morgan fingerprint density at radius 2 is 1.67 bits per heavy atom. The number of hydrogen-bond acceptors (Lipinski definition) is 9. The van der Waals surface area contributed by atoms with Crippen molar-refractivity contribution in [1.29, 1.82) is 0 Å². The van der Waals surface area contributed by atoms with Crippen LogP contribution in [0.2, 0.25) is 0 Å². The van der Waals surface area contributed by atoms with Crippen molar-refractivity contribution >= 4 is 29.0 Å². The van der Waals surface area contributed by atoms with Crippen LogP contribution in [0.25, 0.3) is 21.8 Å². The topological polar surface area (TPSA) is 96.3 Å². The van der Waals surface area contributed by atoms with Crippen molar-refractivity contribution in [2.75, 3.05) is 27.4 Å². The Kier molecular flexibility index (Phi) is 8.81. The zero-order valence-electron chi connectivity index (χ0n) is 22.9. The number of aromatic nitrogens is 1. The number of carbonyl (C=O) groups is 2. The number of benzene rings is 2. The molecule has 2 heterocycles. The average molecular weight is 549 g/mol. The summed E-state index contributed by atoms with van der Waals surface area (Å²) < 4.78 is 21.7. The van der Waals surface area contributed by atoms with Gasteiger partial charge in [0.15, 0.2) is 11.5 Å². The lowest BCUT2D eigenvalue weighted by Crippen LogP contribution is -2.36. The fourth-order valence-electron chi connectivity index (χ4n) is 4.87. The molecule has 0 fully saturated rings. The molecule has 0 bridgehead atoms. The molecule has 0 saturated carbocycles. The highest BCUT2D eigenvalue weighted by Crippen LogP contribution is 2.44. The van der Waals surface area contributed by atoms with Crippen LogP contribution in [0, 0.1) is 5.92 Å². The van der Waals surface area contributed by atoms with Crippen LogP contribution in [0.4, 0.5) is 0 Å². The van der Waals surface area contributed by atoms with Crippen LogP contribution in [0.1, 0.15) is 39.2 Å². The Hall–Kier alpha value is -3.98. The molecule has 0 saturated heterocycles. The third-order valence-electron chi connectivity index (χ3n) is 6.57. The lowest BCUT2D eigenvalue weighted by Gasteiger charge is -2.32. The summed E-state index contributed by atoms with van der Waals surface area (Å²) in [6.45, 7) is 7.50. The first kappa shape index (κ1) is 28.0. The van der Waals surface area contributed by atoms with Crippen molar-refractivity contribution in [2.45, 2.75) is 33.6 Å². The molecule has 0 radical (unpaired) electrons. The van der Waals surface area contributed by atoms with Gasteiger partial charge in [0.25, 0.3) is 0 Å². The van der Waals surface area contributed by atoms with Crippen LogP contribution in [0.15, 0.2) is 64.1 Å². The van der Waals surface area contributed by atoms with Gasteiger partial charge in [-0.05, 0) is 51.5 Å². The zero-order valence-corrected chi connectivity index (χ0v) is 23.8. The highest BCUT2D eigenvalue weighted by atomic mass is 32.1. The number of methoxy groups -OCH3 is 2. The van der Waals surface area contributed by atoms with E-state index in [1.807, 2.05) is 47.8 Å². The molecule has 39 heavy (non-hydrogen) atoms. The molecule has 1 aliphatic heterocycles. The second-order valence-electron chi connectivity index (χ2n) is 8.88. The van der Waals surface area contributed by atoms with Crippen LogP contribution in [-0.4, -0.2) is 50.1 Å². The molecule has 2 atom stereocenters. The second kappa shape index (κ2) is 12.3. The average Bonchev–Trinajstić information content (AvgIpc) is 3.42. The first-order valence-electron chi connectivity index (χ1n) is 12.7. The lowest BCUT2D eigenvalue weighted by molar-refractivity contribution is -0.146. The van der Waals surface area contributed by atoms with Gasteiger partial charge in [0.05, 0.1) is 38.7 Å². The molecule has 8 nitrogen and oxygen atoms in total. The second-order valence-corrected chi connectivity index (χ2v) is 9.73. The molecular formula is C30H32N2O6S. The standard InChI is InChI=1S/C30H32N2O6S/c1-7-37-29(33)25-17(3)31-18(4)26(30(34)38-8-2)27(25)20-11-9-10-12-21(20)28-32-22(16-39-28)19-13-14-23(35-5)24(15-19)36-6/h9-16,25,27H,7-8H2,1-6H3. The number of aliphatic imine (C=N–C) groups is 1. The van der Waals surface area contributed by atoms with E-state index in [4.69, 9.17) is 23.9 Å². The number of thiazole rings is 1. The van der Waals surface area contributed by atoms with Gasteiger partial charge in [0, 0.05) is 33.8 Å². The van der Waals surface area contributed by atoms with E-state index < -0.39 is 23.8 Å². The summed E-state index contributed by atoms with van der Waals surface area (Å²) in [5.74, 6) is -1.11. The Balaban J connectivity index is 1.85. The molecule has 9 heteroatoms. The predicted octanol–water partition coefficient (Wildman–Crippen LogP) is 6.07. The highest BCUT2D eigenvalue weighted by Gasteiger charge is 2.43. The van der Waals surface area contributed by atoms with E-state index in [-0.39, 0.29) is 13.2 Å². The van der Waals surface area contributed by atoms with Crippen molar-refractivity contribution < 1.29 is 28.5 Å². The first-order valence-corrected chi connectivity index (χ1v) is 13.6. The predicted molar refractivity (Wildman–Crippen MR) is 151 cm³/mol. The Morgan fingerprint density at radius 1 is 0.949 bits per heavy atom. The summed E-state index contributed by atoms with van der Waals surface area (Å²) in [7, 11) is 3.19. The molecule has 1 aliphatic rings. The Bertz CT molecular complexity index is 1440. The van der Waals surface area contributed by atoms with E-state index in [9.17, 15) is 9.59 Å². The Labute approximate surface area is 232 Å². The smallest absolute Gasteiger partial charge is 0.336 e. The molecule has 2 aromatic carbocycles. The van der Waals surface area contributed by atoms with Gasteiger partial charge in [0.2, 0.25) is 0 Å². The van der Waals surface area contributed by atoms with Crippen LogP contribution in [-0.2, 0) is 19.1 Å². The SMILES string of the molecule is CCOC(=O)C1=C(C)N=C(C)C(C(=O)OCC)C1c1ccccc1-c1nc(-c2ccc(OC)c(OC)c2)cs1. The molecule has 204 valence electrons. The number of rotatable bonds is 9. The van der Waals surface area contributed by atoms with Crippen molar-refractivity contribution in [3.8, 4) is 33.3 Å². The summed E-state index contributed by atoms with van der Waals surface area (Å²) in [6, 6.07) is 13.3. The molecule has 4 rings (SSSR count). The third-order valence-corrected chi connectivity index (χ3v) is 7.45. The van der Waals surface area contributed by atoms with Gasteiger partial charge < -0.3 is 18.9 Å². The van der Waals surface area contributed by atoms with Crippen molar-refractivity contribution in [3.05, 3.63) is 64.7 Å². The zero-order chi connectivity index (χ0) is 28.1. The van der Waals surface area contributed by atoms with Gasteiger partial charge in [-0.25, -0.2) is 9.78 Å². The molecule has 1 aromatic heterocycles. The number of nitrogens with zero attached hydrogens (tertiary/aromatic N) is 2. The largest absolute Gasteiger partial charge is 0.493 e. The van der Waals surface area contributed by atoms with E-state index in [0.717, 1.165) is 27.4 Å². The van der Waals surface area contributed by atoms with Gasteiger partial charge in [-0.1, -0.05) is 24.3 Å². The Morgan fingerprint density at radius 3 is 2.36 bits per heavy atom. The van der Waals surface area contributed by atoms with Gasteiger partial charge >= 0.3 is 11.9 Å². The molecule has 2 unspecified atom stereocenters. The lowest BCUT2D eigenvalue weighted by atomic mass is 9.74. The van der Waals surface area contributed by atoms with Gasteiger partial charge in [-0.15, -0.1) is 11.3 Å². The van der Waals surface area contributed by atoms with E-state index in [0.29, 0.717) is 28.5 Å². The molecule has 0 amide bonds. The maximum atomic E-state index is 13.3. The molecule has 0 N–H and O–H groups in total. The fraction of sp³-hybridized carbons (Fsp3) is 0.333. The molecule has 0 aliphatic carbocycles. The maximum absolute atomic E-state index is 13.3. The van der Waals surface area contributed by atoms with E-state index in [2.05, 4.69) is 4.99 Å². The van der Waals surface area contributed by atoms with Gasteiger partial charge in [-0.2, -0.15) is 0 Å². The van der Waals surface area contributed by atoms with Gasteiger partial charge in [0.1, 0.15) is 10.9 Å². The third kappa shape index (κ3) is 5.59. The summed E-state index contributed by atoms with van der Waals surface area (Å²) in [4.78, 5) is 36.0. The minimum absolute atomic E-state index is 0.206. The van der Waals surface area contributed by atoms with Crippen molar-refractivity contribution in [2.24, 2.45) is 10.9 Å². The molecule has 3 aromatic rings. The monoisotopic (exact) mass is 548 g/mol. The van der Waals surface area contributed by atoms with E-state index in [1.54, 1.807) is 41.9 Å². The van der Waals surface area contributed by atoms with Crippen LogP contribution >= 0.6 is 11.3 Å². The van der Waals surface area contributed by atoms with Crippen LogP contribution in [0.3, 0.4) is 0 Å². The number of carbonyl (C=O) groups excluding carboxylic acids is 2. The maximum Gasteiger partial charge on any atom is 0.336 e. The number of esters is 2. The highest BCUT2D eigenvalue weighted by molar-refractivity contribution is 7.13. The van der Waals surface area contributed by atoms with Crippen molar-refractivity contribution in [1.82, 2.24) is 4.98 Å². The molecule has 0 spiro atoms.